The molecule has 34 heavy (non-hydrogen) atoms. The molecule has 0 rings (SSSR count). The molecule has 198 valence electrons. The van der Waals surface area contributed by atoms with Crippen LogP contribution in [-0.2, 0) is 0 Å². The molecular formula is C23H49BrFN6NaO2. The van der Waals surface area contributed by atoms with Gasteiger partial charge in [-0.25, -0.2) is 0 Å². The van der Waals surface area contributed by atoms with Gasteiger partial charge in [0.2, 0.25) is 0 Å². The van der Waals surface area contributed by atoms with Crippen molar-refractivity contribution >= 4 is 15.9 Å². The van der Waals surface area contributed by atoms with Crippen LogP contribution in [0.25, 0.3) is 26.4 Å². The van der Waals surface area contributed by atoms with E-state index in [9.17, 15) is 4.39 Å². The minimum absolute atomic E-state index is 0. The van der Waals surface area contributed by atoms with Crippen molar-refractivity contribution in [1.29, 1.82) is 0 Å². The summed E-state index contributed by atoms with van der Waals surface area (Å²) in [6.45, 7) is 1.34. The van der Waals surface area contributed by atoms with Gasteiger partial charge in [0.15, 0.2) is 0 Å². The Bertz CT molecular complexity index is 413. The van der Waals surface area contributed by atoms with Gasteiger partial charge in [-0.1, -0.05) is 111 Å². The summed E-state index contributed by atoms with van der Waals surface area (Å²) in [5, 5.41) is 21.8. The predicted octanol–water partition coefficient (Wildman–Crippen LogP) is 6.14. The summed E-state index contributed by atoms with van der Waals surface area (Å²) >= 11 is 3.44. The zero-order valence-corrected chi connectivity index (χ0v) is 25.2. The van der Waals surface area contributed by atoms with Gasteiger partial charge in [0.05, 0.1) is 8.52 Å². The number of nitrogens with zero attached hydrogens (tertiary/aromatic N) is 6. The van der Waals surface area contributed by atoms with E-state index in [4.69, 9.17) is 28.2 Å². The molecule has 0 unspecified atom stereocenters. The van der Waals surface area contributed by atoms with Crippen LogP contribution >= 0.6 is 15.9 Å². The van der Waals surface area contributed by atoms with Crippen LogP contribution in [0.3, 0.4) is 0 Å². The molecule has 0 aromatic carbocycles. The quantitative estimate of drug-likeness (QED) is 0.0430. The molecule has 0 heterocycles. The van der Waals surface area contributed by atoms with Gasteiger partial charge in [-0.15, -0.1) is 0 Å². The molecule has 0 aromatic heterocycles. The van der Waals surface area contributed by atoms with Gasteiger partial charge in [0.25, 0.3) is 0 Å². The van der Waals surface area contributed by atoms with E-state index >= 15 is 0 Å². The minimum Gasteiger partial charge on any atom is -0.396 e. The van der Waals surface area contributed by atoms with Crippen molar-refractivity contribution in [2.24, 2.45) is 5.11 Å². The van der Waals surface area contributed by atoms with Crippen LogP contribution in [0.4, 0.5) is 4.39 Å². The fourth-order valence-corrected chi connectivity index (χ4v) is 3.42. The van der Waals surface area contributed by atoms with Gasteiger partial charge in [0.1, 0.15) is 0 Å². The average molecular weight is 565 g/mol. The Hall–Kier alpha value is -0.0500. The van der Waals surface area contributed by atoms with E-state index in [1.54, 1.807) is 0 Å². The Labute approximate surface area is 239 Å². The molecule has 0 saturated heterocycles. The number of aliphatic hydroxyl groups excluding tert-OH is 2. The maximum absolute atomic E-state index is 9.96. The summed E-state index contributed by atoms with van der Waals surface area (Å²) in [5.41, 5.74) is 21.6. The zero-order chi connectivity index (χ0) is 26.4. The molecule has 0 aliphatic heterocycles. The van der Waals surface area contributed by atoms with Gasteiger partial charge in [-0.2, -0.15) is 0 Å². The average Bonchev–Trinajstić information content (AvgIpc) is 2.83. The predicted molar refractivity (Wildman–Crippen MR) is 142 cm³/mol. The number of aliphatic hydroxyl groups is 2. The Morgan fingerprint density at radius 1 is 0.676 bits per heavy atom. The molecule has 0 saturated carbocycles. The molecule has 0 bridgehead atoms. The van der Waals surface area contributed by atoms with E-state index in [1.807, 2.05) is 0 Å². The summed E-state index contributed by atoms with van der Waals surface area (Å²) in [6, 6.07) is 0. The van der Waals surface area contributed by atoms with E-state index < -0.39 is 7.15 Å². The van der Waals surface area contributed by atoms with Crippen molar-refractivity contribution in [1.82, 2.24) is 0 Å². The van der Waals surface area contributed by atoms with Crippen LogP contribution in [0.15, 0.2) is 5.11 Å². The Balaban J connectivity index is -0.000000137. The van der Waals surface area contributed by atoms with Crippen LogP contribution in [0.2, 0.25) is 0 Å². The number of unbranched alkanes of at least 4 members (excludes halogenated alkanes) is 16. The Morgan fingerprint density at radius 2 is 0.941 bits per heavy atom. The van der Waals surface area contributed by atoms with Gasteiger partial charge < -0.3 is 21.3 Å². The molecule has 0 fully saturated rings. The standard InChI is InChI=1S/C11H23BrO.C11H23N3O.CH3F.N3.Na/c12-10-8-6-4-2-1-3-5-7-9-11-13;12-14-13-10-8-6-4-2-1-3-5-7-9-11-15;1-2;1-3-2;/h13H,1-11H2;15H,1-11H2;1H3;;/q;;;-1;+1/i;;1D;;. The number of alkyl halides is 2. The van der Waals surface area contributed by atoms with Crippen LogP contribution in [0, 0.1) is 0 Å². The molecule has 8 nitrogen and oxygen atoms in total. The summed E-state index contributed by atoms with van der Waals surface area (Å²) in [5.74, 6) is 0. The second-order valence-electron chi connectivity index (χ2n) is 7.54. The van der Waals surface area contributed by atoms with E-state index in [1.165, 1.54) is 94.8 Å². The molecule has 0 aliphatic rings. The molecule has 0 aliphatic carbocycles. The van der Waals surface area contributed by atoms with E-state index in [0.717, 1.165) is 31.0 Å². The molecular weight excluding hydrogens is 514 g/mol. The third-order valence-electron chi connectivity index (χ3n) is 4.77. The minimum atomic E-state index is -1.00. The van der Waals surface area contributed by atoms with E-state index in [-0.39, 0.29) is 29.6 Å². The monoisotopic (exact) mass is 563 g/mol. The topological polar surface area (TPSA) is 148 Å². The number of rotatable bonds is 21. The van der Waals surface area contributed by atoms with Crippen molar-refractivity contribution in [3.63, 3.8) is 0 Å². The summed E-state index contributed by atoms with van der Waals surface area (Å²) in [7, 11) is -1.00. The molecule has 0 amide bonds. The fraction of sp³-hybridized carbons (Fsp3) is 1.00. The first kappa shape index (κ1) is 41.1. The largest absolute Gasteiger partial charge is 1.00 e. The molecule has 11 heteroatoms. The smallest absolute Gasteiger partial charge is 0.396 e. The first-order valence-electron chi connectivity index (χ1n) is 13.0. The molecule has 0 atom stereocenters. The molecule has 0 radical (unpaired) electrons. The second kappa shape index (κ2) is 54.0. The van der Waals surface area contributed by atoms with Crippen LogP contribution < -0.4 is 29.6 Å². The van der Waals surface area contributed by atoms with Crippen LogP contribution in [0.1, 0.15) is 117 Å². The first-order chi connectivity index (χ1) is 16.7. The molecule has 2 N–H and O–H groups in total. The number of azide groups is 1. The van der Waals surface area contributed by atoms with Gasteiger partial charge in [-0.05, 0) is 31.2 Å². The zero-order valence-electron chi connectivity index (χ0n) is 22.6. The number of hydrogen-bond acceptors (Lipinski definition) is 3. The summed E-state index contributed by atoms with van der Waals surface area (Å²) in [6.07, 6.45) is 22.4. The third kappa shape index (κ3) is 63.5. The maximum atomic E-state index is 9.96. The second-order valence-corrected chi connectivity index (χ2v) is 8.34. The SMILES string of the molecule is OCCCCCCCCCCCBr.[2H]CF.[N-]=[N+]=NCCCCCCCCCCCO.[N-]=[N+]=[N-].[Na+]. The first-order valence-corrected chi connectivity index (χ1v) is 13.4. The van der Waals surface area contributed by atoms with Crippen molar-refractivity contribution in [3.05, 3.63) is 26.4 Å². The van der Waals surface area contributed by atoms with Crippen molar-refractivity contribution < 1.29 is 45.5 Å². The molecule has 0 aromatic rings. The summed E-state index contributed by atoms with van der Waals surface area (Å²) in [4.78, 5) is 4.22. The van der Waals surface area contributed by atoms with Crippen molar-refractivity contribution in [2.45, 2.75) is 116 Å². The maximum Gasteiger partial charge on any atom is 1.00 e. The third-order valence-corrected chi connectivity index (χ3v) is 5.33. The number of halogens is 2. The Kier molecular flexibility index (Phi) is 65.3. The Morgan fingerprint density at radius 3 is 1.21 bits per heavy atom. The normalized spacial score (nSPS) is 9.24. The van der Waals surface area contributed by atoms with Crippen LogP contribution in [-0.4, -0.2) is 42.5 Å². The molecule has 0 spiro atoms. The van der Waals surface area contributed by atoms with Gasteiger partial charge >= 0.3 is 29.6 Å². The summed E-state index contributed by atoms with van der Waals surface area (Å²) < 4.78 is 15.5. The van der Waals surface area contributed by atoms with Crippen molar-refractivity contribution in [2.75, 3.05) is 32.2 Å². The fourth-order valence-electron chi connectivity index (χ4n) is 3.02. The van der Waals surface area contributed by atoms with Crippen LogP contribution in [0.5, 0.6) is 0 Å². The number of hydrogen-bond donors (Lipinski definition) is 2. The van der Waals surface area contributed by atoms with E-state index in [0.29, 0.717) is 19.8 Å². The van der Waals surface area contributed by atoms with Gasteiger partial charge in [0, 0.05) is 30.0 Å². The van der Waals surface area contributed by atoms with Crippen molar-refractivity contribution in [3.8, 4) is 0 Å². The van der Waals surface area contributed by atoms with Gasteiger partial charge in [-0.3, -0.25) is 9.30 Å². The van der Waals surface area contributed by atoms with E-state index in [2.05, 4.69) is 26.0 Å².